The van der Waals surface area contributed by atoms with E-state index in [0.717, 1.165) is 19.3 Å². The lowest BCUT2D eigenvalue weighted by molar-refractivity contribution is -0.141. The van der Waals surface area contributed by atoms with Crippen molar-refractivity contribution >= 4 is 52.4 Å². The van der Waals surface area contributed by atoms with Crippen LogP contribution < -0.4 is 10.6 Å². The molecule has 0 heterocycles. The van der Waals surface area contributed by atoms with E-state index in [4.69, 9.17) is 28.0 Å². The molecule has 2 amide bonds. The Morgan fingerprint density at radius 3 is 2.27 bits per heavy atom. The Balaban J connectivity index is 1.65. The molecule has 2 aromatic rings. The fourth-order valence-corrected chi connectivity index (χ4v) is 3.95. The van der Waals surface area contributed by atoms with Crippen LogP contribution in [0.3, 0.4) is 0 Å². The molecular weight excluding hydrogens is 469 g/mol. The molecule has 3 N–H and O–H groups in total. The van der Waals surface area contributed by atoms with Crippen molar-refractivity contribution in [3.63, 3.8) is 0 Å². The summed E-state index contributed by atoms with van der Waals surface area (Å²) in [5.74, 6) is -2.20. The molecule has 1 fully saturated rings. The van der Waals surface area contributed by atoms with E-state index in [1.165, 1.54) is 7.11 Å². The first-order valence-corrected chi connectivity index (χ1v) is 11.0. The highest BCUT2D eigenvalue weighted by Gasteiger charge is 2.31. The molecule has 1 saturated carbocycles. The maximum atomic E-state index is 12.6. The molecule has 10 heteroatoms. The molecule has 0 spiro atoms. The van der Waals surface area contributed by atoms with Crippen molar-refractivity contribution in [2.24, 2.45) is 11.1 Å². The largest absolute Gasteiger partial charge is 0.480 e. The van der Waals surface area contributed by atoms with E-state index in [1.807, 2.05) is 0 Å². The topological polar surface area (TPSA) is 117 Å². The number of carbonyl (C=O) groups is 3. The molecule has 33 heavy (non-hydrogen) atoms. The summed E-state index contributed by atoms with van der Waals surface area (Å²) in [6, 6.07) is 10.2. The number of halogens is 2. The van der Waals surface area contributed by atoms with Gasteiger partial charge in [0.15, 0.2) is 0 Å². The summed E-state index contributed by atoms with van der Waals surface area (Å²) in [5, 5.41) is 19.1. The average Bonchev–Trinajstić information content (AvgIpc) is 2.72. The number of oxime groups is 1. The number of nitrogens with zero attached hydrogens (tertiary/aromatic N) is 1. The van der Waals surface area contributed by atoms with Gasteiger partial charge >= 0.3 is 5.97 Å². The zero-order chi connectivity index (χ0) is 24.0. The lowest BCUT2D eigenvalue weighted by Crippen LogP contribution is -2.47. The second kappa shape index (κ2) is 11.2. The number of carboxylic acid groups (broad SMARTS) is 1. The number of hydrogen-bond donors (Lipinski definition) is 3. The van der Waals surface area contributed by atoms with Crippen molar-refractivity contribution in [1.82, 2.24) is 5.32 Å². The summed E-state index contributed by atoms with van der Waals surface area (Å²) < 4.78 is 0. The Hall–Kier alpha value is -3.10. The smallest absolute Gasteiger partial charge is 0.326 e. The first-order chi connectivity index (χ1) is 15.8. The minimum atomic E-state index is -1.17. The lowest BCUT2D eigenvalue weighted by atomic mass is 9.81. The number of rotatable bonds is 9. The number of carboxylic acids is 1. The van der Waals surface area contributed by atoms with E-state index in [2.05, 4.69) is 15.8 Å². The van der Waals surface area contributed by atoms with Gasteiger partial charge in [-0.3, -0.25) is 9.59 Å². The quantitative estimate of drug-likeness (QED) is 0.359. The van der Waals surface area contributed by atoms with Crippen LogP contribution >= 0.6 is 23.2 Å². The normalized spacial score (nSPS) is 14.7. The van der Waals surface area contributed by atoms with Crippen molar-refractivity contribution in [1.29, 1.82) is 0 Å². The Morgan fingerprint density at radius 2 is 1.76 bits per heavy atom. The molecule has 1 aliphatic carbocycles. The third kappa shape index (κ3) is 6.24. The molecule has 0 aromatic heterocycles. The average molecular weight is 492 g/mol. The van der Waals surface area contributed by atoms with E-state index in [1.54, 1.807) is 42.5 Å². The number of carbonyl (C=O) groups excluding carboxylic acids is 2. The lowest BCUT2D eigenvalue weighted by Gasteiger charge is -2.26. The van der Waals surface area contributed by atoms with Crippen LogP contribution in [0.1, 0.15) is 35.2 Å². The first-order valence-electron chi connectivity index (χ1n) is 10.3. The third-order valence-corrected chi connectivity index (χ3v) is 5.99. The van der Waals surface area contributed by atoms with Crippen LogP contribution in [0, 0.1) is 5.92 Å². The van der Waals surface area contributed by atoms with Gasteiger partial charge in [0.2, 0.25) is 0 Å². The number of aliphatic carboxylic acids is 1. The summed E-state index contributed by atoms with van der Waals surface area (Å²) in [6.45, 7) is 0. The first kappa shape index (κ1) is 24.5. The highest BCUT2D eigenvalue weighted by atomic mass is 35.5. The number of nitrogens with one attached hydrogen (secondary N) is 2. The van der Waals surface area contributed by atoms with Crippen LogP contribution in [0.2, 0.25) is 10.0 Å². The van der Waals surface area contributed by atoms with Crippen LogP contribution in [0.5, 0.6) is 0 Å². The van der Waals surface area contributed by atoms with Crippen LogP contribution in [0.15, 0.2) is 47.6 Å². The standard InChI is InChI=1S/C23H23Cl2N3O5/c1-33-28-20(14-4-2-5-14)22(30)27-18(23(31)32)12-13-8-10-15(11-9-13)26-21(29)19-16(24)6-3-7-17(19)25/h3,6-11,14,18H,2,4-5,12H2,1H3,(H,26,29)(H,27,30)(H,31,32)/t18-/m0/s1. The van der Waals surface area contributed by atoms with E-state index < -0.39 is 23.8 Å². The van der Waals surface area contributed by atoms with Gasteiger partial charge in [0.1, 0.15) is 18.9 Å². The summed E-state index contributed by atoms with van der Waals surface area (Å²) in [7, 11) is 1.35. The van der Waals surface area contributed by atoms with Crippen LogP contribution in [0.4, 0.5) is 5.69 Å². The highest BCUT2D eigenvalue weighted by Crippen LogP contribution is 2.28. The molecular formula is C23H23Cl2N3O5. The number of hydrogen-bond acceptors (Lipinski definition) is 5. The van der Waals surface area contributed by atoms with E-state index in [9.17, 15) is 19.5 Å². The molecule has 8 nitrogen and oxygen atoms in total. The minimum absolute atomic E-state index is 0.0195. The van der Waals surface area contributed by atoms with Crippen molar-refractivity contribution in [3.8, 4) is 0 Å². The van der Waals surface area contributed by atoms with Crippen LogP contribution in [0.25, 0.3) is 0 Å². The van der Waals surface area contributed by atoms with E-state index >= 15 is 0 Å². The second-order valence-corrected chi connectivity index (χ2v) is 8.42. The van der Waals surface area contributed by atoms with Crippen molar-refractivity contribution in [2.75, 3.05) is 12.4 Å². The van der Waals surface area contributed by atoms with Crippen molar-refractivity contribution in [2.45, 2.75) is 31.7 Å². The molecule has 0 bridgehead atoms. The van der Waals surface area contributed by atoms with Gasteiger partial charge in [-0.1, -0.05) is 53.0 Å². The SMILES string of the molecule is CON=C(C(=O)N[C@@H](Cc1ccc(NC(=O)c2c(Cl)cccc2Cl)cc1)C(=O)O)C1CCC1. The maximum absolute atomic E-state index is 12.6. The number of amides is 2. The molecule has 0 unspecified atom stereocenters. The Bertz CT molecular complexity index is 1050. The van der Waals surface area contributed by atoms with Gasteiger partial charge in [-0.15, -0.1) is 0 Å². The summed E-state index contributed by atoms with van der Waals surface area (Å²) >= 11 is 12.1. The molecule has 1 atom stereocenters. The summed E-state index contributed by atoms with van der Waals surface area (Å²) in [4.78, 5) is 41.6. The van der Waals surface area contributed by atoms with Gasteiger partial charge in [-0.05, 0) is 42.7 Å². The molecule has 0 saturated heterocycles. The number of benzene rings is 2. The minimum Gasteiger partial charge on any atom is -0.480 e. The van der Waals surface area contributed by atoms with Gasteiger partial charge in [0.05, 0.1) is 15.6 Å². The third-order valence-electron chi connectivity index (χ3n) is 5.36. The zero-order valence-electron chi connectivity index (χ0n) is 17.8. The summed E-state index contributed by atoms with van der Waals surface area (Å²) in [5.41, 5.74) is 1.52. The maximum Gasteiger partial charge on any atom is 0.326 e. The van der Waals surface area contributed by atoms with Gasteiger partial charge in [-0.25, -0.2) is 4.79 Å². The molecule has 2 aromatic carbocycles. The highest BCUT2D eigenvalue weighted by molar-refractivity contribution is 6.40. The van der Waals surface area contributed by atoms with Gasteiger partial charge < -0.3 is 20.6 Å². The predicted octanol–water partition coefficient (Wildman–Crippen LogP) is 4.16. The zero-order valence-corrected chi connectivity index (χ0v) is 19.3. The molecule has 0 radical (unpaired) electrons. The number of anilines is 1. The van der Waals surface area contributed by atoms with Gasteiger partial charge in [0.25, 0.3) is 11.8 Å². The monoisotopic (exact) mass is 491 g/mol. The van der Waals surface area contributed by atoms with Crippen molar-refractivity contribution in [3.05, 3.63) is 63.6 Å². The molecule has 1 aliphatic rings. The van der Waals surface area contributed by atoms with Crippen LogP contribution in [-0.4, -0.2) is 41.8 Å². The Morgan fingerprint density at radius 1 is 1.12 bits per heavy atom. The predicted molar refractivity (Wildman–Crippen MR) is 126 cm³/mol. The van der Waals surface area contributed by atoms with Gasteiger partial charge in [0, 0.05) is 18.0 Å². The molecule has 0 aliphatic heterocycles. The van der Waals surface area contributed by atoms with E-state index in [-0.39, 0.29) is 33.7 Å². The molecule has 174 valence electrons. The fourth-order valence-electron chi connectivity index (χ4n) is 3.38. The second-order valence-electron chi connectivity index (χ2n) is 7.60. The van der Waals surface area contributed by atoms with Crippen molar-refractivity contribution < 1.29 is 24.3 Å². The Labute approximate surface area is 200 Å². The van der Waals surface area contributed by atoms with Crippen LogP contribution in [-0.2, 0) is 20.8 Å². The van der Waals surface area contributed by atoms with Gasteiger partial charge in [-0.2, -0.15) is 0 Å². The fraction of sp³-hybridized carbons (Fsp3) is 0.304. The molecule has 3 rings (SSSR count). The summed E-state index contributed by atoms with van der Waals surface area (Å²) in [6.07, 6.45) is 2.69. The Kier molecular flexibility index (Phi) is 8.30. The van der Waals surface area contributed by atoms with E-state index in [0.29, 0.717) is 11.3 Å².